The van der Waals surface area contributed by atoms with Crippen LogP contribution in [0.25, 0.3) is 11.5 Å². The third kappa shape index (κ3) is 4.45. The van der Waals surface area contributed by atoms with E-state index in [-0.39, 0.29) is 0 Å². The van der Waals surface area contributed by atoms with Crippen molar-refractivity contribution >= 4 is 5.95 Å². The highest BCUT2D eigenvalue weighted by molar-refractivity contribution is 5.59. The number of pyridine rings is 1. The number of rotatable bonds is 7. The molecule has 2 aliphatic rings. The van der Waals surface area contributed by atoms with Crippen molar-refractivity contribution in [1.29, 1.82) is 0 Å². The molecular formula is C24H30N6O2. The molecular weight excluding hydrogens is 404 g/mol. The van der Waals surface area contributed by atoms with E-state index in [1.807, 2.05) is 26.0 Å². The van der Waals surface area contributed by atoms with E-state index in [0.29, 0.717) is 30.3 Å². The first-order valence-corrected chi connectivity index (χ1v) is 11.7. The summed E-state index contributed by atoms with van der Waals surface area (Å²) in [5.74, 6) is 3.43. The van der Waals surface area contributed by atoms with Gasteiger partial charge in [-0.2, -0.15) is 4.98 Å². The molecule has 0 saturated heterocycles. The van der Waals surface area contributed by atoms with E-state index in [4.69, 9.17) is 14.2 Å². The second-order valence-corrected chi connectivity index (χ2v) is 8.88. The molecule has 0 unspecified atom stereocenters. The summed E-state index contributed by atoms with van der Waals surface area (Å²) < 4.78 is 11.9. The molecule has 0 radical (unpaired) electrons. The van der Waals surface area contributed by atoms with Gasteiger partial charge in [0, 0.05) is 18.0 Å². The van der Waals surface area contributed by atoms with Gasteiger partial charge in [-0.1, -0.05) is 18.0 Å². The number of nitrogens with zero attached hydrogens (tertiary/aromatic N) is 5. The van der Waals surface area contributed by atoms with Crippen LogP contribution in [0.15, 0.2) is 23.0 Å². The summed E-state index contributed by atoms with van der Waals surface area (Å²) in [5, 5.41) is 7.49. The lowest BCUT2D eigenvalue weighted by Crippen LogP contribution is -2.20. The second kappa shape index (κ2) is 9.22. The quantitative estimate of drug-likeness (QED) is 0.546. The second-order valence-electron chi connectivity index (χ2n) is 8.88. The van der Waals surface area contributed by atoms with Gasteiger partial charge in [0.05, 0.1) is 17.5 Å². The van der Waals surface area contributed by atoms with E-state index in [1.54, 1.807) is 6.33 Å². The number of ether oxygens (including phenoxy) is 1. The van der Waals surface area contributed by atoms with Crippen molar-refractivity contribution < 1.29 is 9.26 Å². The molecule has 0 aromatic carbocycles. The molecule has 3 aromatic rings. The lowest BCUT2D eigenvalue weighted by molar-refractivity contribution is 0.153. The molecule has 0 bridgehead atoms. The van der Waals surface area contributed by atoms with Crippen LogP contribution in [0.2, 0.25) is 0 Å². The van der Waals surface area contributed by atoms with Crippen LogP contribution in [0.1, 0.15) is 80.1 Å². The molecule has 2 aliphatic carbocycles. The molecule has 2 saturated carbocycles. The SMILES string of the molecule is Cc1nc(-c2onc(C)c2CNc2ncnc(C3CCC3)n2)ccc1OC1CCCCC1. The highest BCUT2D eigenvalue weighted by atomic mass is 16.5. The standard InChI is InChI=1S/C24H30N6O2/c1-15-19(13-25-24-27-14-26-23(29-24)17-7-6-8-17)22(32-30-15)20-11-12-21(16(2)28-20)31-18-9-4-3-5-10-18/h11-12,14,17-18H,3-10,13H2,1-2H3,(H,25,26,27,29). The van der Waals surface area contributed by atoms with Crippen LogP contribution in [0.4, 0.5) is 5.95 Å². The van der Waals surface area contributed by atoms with Gasteiger partial charge in [0.25, 0.3) is 0 Å². The summed E-state index contributed by atoms with van der Waals surface area (Å²) in [6.45, 7) is 4.42. The fourth-order valence-electron chi connectivity index (χ4n) is 4.38. The summed E-state index contributed by atoms with van der Waals surface area (Å²) in [4.78, 5) is 18.0. The molecule has 0 atom stereocenters. The molecule has 8 heteroatoms. The number of hydrogen-bond acceptors (Lipinski definition) is 8. The maximum Gasteiger partial charge on any atom is 0.226 e. The van der Waals surface area contributed by atoms with Gasteiger partial charge in [0.15, 0.2) is 5.76 Å². The van der Waals surface area contributed by atoms with Gasteiger partial charge >= 0.3 is 0 Å². The van der Waals surface area contributed by atoms with Crippen molar-refractivity contribution in [3.63, 3.8) is 0 Å². The van der Waals surface area contributed by atoms with Gasteiger partial charge in [0.1, 0.15) is 23.6 Å². The minimum Gasteiger partial charge on any atom is -0.489 e. The summed E-state index contributed by atoms with van der Waals surface area (Å²) >= 11 is 0. The Kier molecular flexibility index (Phi) is 6.01. The van der Waals surface area contributed by atoms with Crippen LogP contribution in [-0.4, -0.2) is 31.2 Å². The van der Waals surface area contributed by atoms with Gasteiger partial charge in [-0.05, 0) is 64.5 Å². The zero-order valence-corrected chi connectivity index (χ0v) is 18.8. The Morgan fingerprint density at radius 3 is 2.56 bits per heavy atom. The summed E-state index contributed by atoms with van der Waals surface area (Å²) in [7, 11) is 0. The van der Waals surface area contributed by atoms with Crippen LogP contribution >= 0.6 is 0 Å². The van der Waals surface area contributed by atoms with E-state index < -0.39 is 0 Å². The normalized spacial score (nSPS) is 17.2. The van der Waals surface area contributed by atoms with E-state index in [1.165, 1.54) is 25.7 Å². The van der Waals surface area contributed by atoms with Gasteiger partial charge in [-0.25, -0.2) is 15.0 Å². The lowest BCUT2D eigenvalue weighted by atomic mass is 9.85. The van der Waals surface area contributed by atoms with Crippen molar-refractivity contribution in [2.75, 3.05) is 5.32 Å². The Morgan fingerprint density at radius 2 is 1.81 bits per heavy atom. The van der Waals surface area contributed by atoms with Crippen molar-refractivity contribution in [2.45, 2.75) is 83.8 Å². The minimum atomic E-state index is 0.299. The smallest absolute Gasteiger partial charge is 0.226 e. The van der Waals surface area contributed by atoms with E-state index in [0.717, 1.165) is 59.9 Å². The van der Waals surface area contributed by atoms with Crippen molar-refractivity contribution in [2.24, 2.45) is 0 Å². The number of aryl methyl sites for hydroxylation is 2. The fourth-order valence-corrected chi connectivity index (χ4v) is 4.38. The Hall–Kier alpha value is -3.03. The molecule has 1 N–H and O–H groups in total. The Labute approximate surface area is 188 Å². The summed E-state index contributed by atoms with van der Waals surface area (Å²) in [6, 6.07) is 3.95. The van der Waals surface area contributed by atoms with Crippen LogP contribution < -0.4 is 10.1 Å². The third-order valence-electron chi connectivity index (χ3n) is 6.58. The lowest BCUT2D eigenvalue weighted by Gasteiger charge is -2.23. The van der Waals surface area contributed by atoms with Crippen LogP contribution in [0, 0.1) is 13.8 Å². The van der Waals surface area contributed by atoms with Gasteiger partial charge in [-0.15, -0.1) is 0 Å². The summed E-state index contributed by atoms with van der Waals surface area (Å²) in [6.07, 6.45) is 11.5. The molecule has 2 fully saturated rings. The van der Waals surface area contributed by atoms with E-state index in [9.17, 15) is 0 Å². The molecule has 0 aliphatic heterocycles. The van der Waals surface area contributed by atoms with Crippen molar-refractivity contribution in [1.82, 2.24) is 25.1 Å². The number of nitrogens with one attached hydrogen (secondary N) is 1. The number of anilines is 1. The van der Waals surface area contributed by atoms with E-state index in [2.05, 4.69) is 25.4 Å². The maximum absolute atomic E-state index is 6.22. The highest BCUT2D eigenvalue weighted by Gasteiger charge is 2.23. The molecule has 32 heavy (non-hydrogen) atoms. The molecule has 168 valence electrons. The zero-order chi connectivity index (χ0) is 21.9. The monoisotopic (exact) mass is 434 g/mol. The average molecular weight is 435 g/mol. The maximum atomic E-state index is 6.22. The average Bonchev–Trinajstić information content (AvgIpc) is 3.14. The summed E-state index contributed by atoms with van der Waals surface area (Å²) in [5.41, 5.74) is 3.39. The highest BCUT2D eigenvalue weighted by Crippen LogP contribution is 2.34. The zero-order valence-electron chi connectivity index (χ0n) is 18.8. The van der Waals surface area contributed by atoms with Gasteiger partial charge < -0.3 is 14.6 Å². The first kappa shape index (κ1) is 20.8. The first-order chi connectivity index (χ1) is 15.7. The predicted molar refractivity (Wildman–Crippen MR) is 120 cm³/mol. The largest absolute Gasteiger partial charge is 0.489 e. The molecule has 0 spiro atoms. The molecule has 5 rings (SSSR count). The number of hydrogen-bond donors (Lipinski definition) is 1. The Balaban J connectivity index is 1.30. The predicted octanol–water partition coefficient (Wildman–Crippen LogP) is 5.13. The Morgan fingerprint density at radius 1 is 0.969 bits per heavy atom. The van der Waals surface area contributed by atoms with Crippen LogP contribution in [0.3, 0.4) is 0 Å². The minimum absolute atomic E-state index is 0.299. The fraction of sp³-hybridized carbons (Fsp3) is 0.542. The molecule has 8 nitrogen and oxygen atoms in total. The van der Waals surface area contributed by atoms with Gasteiger partial charge in [-0.3, -0.25) is 0 Å². The molecule has 0 amide bonds. The van der Waals surface area contributed by atoms with Crippen molar-refractivity contribution in [3.8, 4) is 17.2 Å². The number of aromatic nitrogens is 5. The van der Waals surface area contributed by atoms with Crippen LogP contribution in [-0.2, 0) is 6.54 Å². The van der Waals surface area contributed by atoms with Crippen molar-refractivity contribution in [3.05, 3.63) is 41.2 Å². The molecule has 3 aromatic heterocycles. The molecule has 3 heterocycles. The van der Waals surface area contributed by atoms with E-state index >= 15 is 0 Å². The Bertz CT molecular complexity index is 1070. The third-order valence-corrected chi connectivity index (χ3v) is 6.58. The van der Waals surface area contributed by atoms with Gasteiger partial charge in [0.2, 0.25) is 5.95 Å². The first-order valence-electron chi connectivity index (χ1n) is 11.7. The van der Waals surface area contributed by atoms with Crippen LogP contribution in [0.5, 0.6) is 5.75 Å². The topological polar surface area (TPSA) is 98.9 Å².